The van der Waals surface area contributed by atoms with Gasteiger partial charge in [-0.3, -0.25) is 14.2 Å². The Balaban J connectivity index is 1.61. The summed E-state index contributed by atoms with van der Waals surface area (Å²) in [6.07, 6.45) is 1.38. The Bertz CT molecular complexity index is 1280. The minimum absolute atomic E-state index is 0.199. The summed E-state index contributed by atoms with van der Waals surface area (Å²) in [4.78, 5) is 29.6. The van der Waals surface area contributed by atoms with Crippen LogP contribution in [0.15, 0.2) is 59.0 Å². The Morgan fingerprint density at radius 2 is 1.93 bits per heavy atom. The largest absolute Gasteiger partial charge is 0.324 e. The highest BCUT2D eigenvalue weighted by atomic mass is 32.1. The Kier molecular flexibility index (Phi) is 4.98. The zero-order valence-electron chi connectivity index (χ0n) is 15.9. The van der Waals surface area contributed by atoms with Crippen molar-refractivity contribution in [2.24, 2.45) is 0 Å². The average Bonchev–Trinajstić information content (AvgIpc) is 3.12. The number of hydrogen-bond donors (Lipinski definition) is 1. The highest BCUT2D eigenvalue weighted by molar-refractivity contribution is 7.17. The molecule has 2 heterocycles. The molecule has 1 N–H and O–H groups in total. The van der Waals surface area contributed by atoms with E-state index in [1.54, 1.807) is 13.0 Å². The number of nitrogens with one attached hydrogen (secondary N) is 1. The first-order chi connectivity index (χ1) is 13.9. The number of anilines is 1. The Morgan fingerprint density at radius 1 is 1.17 bits per heavy atom. The zero-order chi connectivity index (χ0) is 20.5. The van der Waals surface area contributed by atoms with Crippen LogP contribution in [0.4, 0.5) is 10.1 Å². The van der Waals surface area contributed by atoms with Gasteiger partial charge < -0.3 is 5.32 Å². The van der Waals surface area contributed by atoms with E-state index in [-0.39, 0.29) is 12.1 Å². The topological polar surface area (TPSA) is 64.0 Å². The second kappa shape index (κ2) is 7.60. The van der Waals surface area contributed by atoms with Crippen LogP contribution in [-0.2, 0) is 11.3 Å². The molecule has 0 saturated heterocycles. The summed E-state index contributed by atoms with van der Waals surface area (Å²) < 4.78 is 15.2. The van der Waals surface area contributed by atoms with E-state index in [0.717, 1.165) is 22.3 Å². The molecule has 0 saturated carbocycles. The van der Waals surface area contributed by atoms with Crippen molar-refractivity contribution in [3.05, 3.63) is 81.5 Å². The van der Waals surface area contributed by atoms with Crippen LogP contribution in [0.2, 0.25) is 0 Å². The standard InChI is InChI=1S/C22H18FN3O2S/c1-13-3-6-15(7-4-13)17-11-29-21-20(17)24-12-26(22(21)28)10-19(27)25-18-9-16(23)8-5-14(18)2/h3-9,11-12H,10H2,1-2H3,(H,25,27). The van der Waals surface area contributed by atoms with Gasteiger partial charge in [0.15, 0.2) is 0 Å². The van der Waals surface area contributed by atoms with Gasteiger partial charge in [-0.05, 0) is 37.1 Å². The van der Waals surface area contributed by atoms with Gasteiger partial charge in [0.2, 0.25) is 5.91 Å². The van der Waals surface area contributed by atoms with E-state index >= 15 is 0 Å². The number of benzene rings is 2. The molecular formula is C22H18FN3O2S. The molecule has 0 aliphatic rings. The maximum absolute atomic E-state index is 13.4. The number of hydrogen-bond acceptors (Lipinski definition) is 4. The van der Waals surface area contributed by atoms with Crippen molar-refractivity contribution >= 4 is 33.1 Å². The quantitative estimate of drug-likeness (QED) is 0.541. The van der Waals surface area contributed by atoms with Crippen molar-refractivity contribution in [3.8, 4) is 11.1 Å². The lowest BCUT2D eigenvalue weighted by Gasteiger charge is -2.10. The SMILES string of the molecule is Cc1ccc(-c2csc3c(=O)n(CC(=O)Nc4cc(F)ccc4C)cnc23)cc1. The van der Waals surface area contributed by atoms with Gasteiger partial charge in [-0.1, -0.05) is 35.9 Å². The molecule has 0 radical (unpaired) electrons. The summed E-state index contributed by atoms with van der Waals surface area (Å²) in [5.74, 6) is -0.856. The molecule has 146 valence electrons. The maximum atomic E-state index is 13.4. The molecular weight excluding hydrogens is 389 g/mol. The van der Waals surface area contributed by atoms with Gasteiger partial charge in [0.05, 0.1) is 11.8 Å². The molecule has 2 aromatic carbocycles. The molecule has 29 heavy (non-hydrogen) atoms. The van der Waals surface area contributed by atoms with Crippen molar-refractivity contribution in [2.45, 2.75) is 20.4 Å². The second-order valence-corrected chi connectivity index (χ2v) is 7.76. The third-order valence-electron chi connectivity index (χ3n) is 4.70. The van der Waals surface area contributed by atoms with E-state index < -0.39 is 11.7 Å². The number of carbonyl (C=O) groups excluding carboxylic acids is 1. The first-order valence-corrected chi connectivity index (χ1v) is 9.90. The summed E-state index contributed by atoms with van der Waals surface area (Å²) in [6, 6.07) is 12.2. The number of carbonyl (C=O) groups is 1. The molecule has 0 aliphatic carbocycles. The number of amides is 1. The smallest absolute Gasteiger partial charge is 0.271 e. The first kappa shape index (κ1) is 19.0. The minimum Gasteiger partial charge on any atom is -0.324 e. The first-order valence-electron chi connectivity index (χ1n) is 9.02. The van der Waals surface area contributed by atoms with E-state index in [2.05, 4.69) is 10.3 Å². The highest BCUT2D eigenvalue weighted by Crippen LogP contribution is 2.30. The summed E-state index contributed by atoms with van der Waals surface area (Å²) in [6.45, 7) is 3.59. The predicted molar refractivity (Wildman–Crippen MR) is 114 cm³/mol. The van der Waals surface area contributed by atoms with Crippen molar-refractivity contribution in [1.29, 1.82) is 0 Å². The van der Waals surface area contributed by atoms with Crippen molar-refractivity contribution < 1.29 is 9.18 Å². The third-order valence-corrected chi connectivity index (χ3v) is 5.65. The normalized spacial score (nSPS) is 11.0. The fraction of sp³-hybridized carbons (Fsp3) is 0.136. The van der Waals surface area contributed by atoms with Crippen LogP contribution in [0.25, 0.3) is 21.3 Å². The molecule has 0 unspecified atom stereocenters. The Morgan fingerprint density at radius 3 is 2.69 bits per heavy atom. The van der Waals surface area contributed by atoms with Crippen LogP contribution in [0.1, 0.15) is 11.1 Å². The van der Waals surface area contributed by atoms with Gasteiger partial charge in [-0.15, -0.1) is 11.3 Å². The number of nitrogens with zero attached hydrogens (tertiary/aromatic N) is 2. The van der Waals surface area contributed by atoms with E-state index in [0.29, 0.717) is 15.9 Å². The number of halogens is 1. The molecule has 0 aliphatic heterocycles. The van der Waals surface area contributed by atoms with Crippen LogP contribution in [0, 0.1) is 19.7 Å². The molecule has 0 bridgehead atoms. The van der Waals surface area contributed by atoms with Crippen molar-refractivity contribution in [3.63, 3.8) is 0 Å². The van der Waals surface area contributed by atoms with Crippen LogP contribution < -0.4 is 10.9 Å². The van der Waals surface area contributed by atoms with E-state index in [4.69, 9.17) is 0 Å². The monoisotopic (exact) mass is 407 g/mol. The molecule has 2 aromatic heterocycles. The Labute approximate surface area is 170 Å². The average molecular weight is 407 g/mol. The molecule has 4 aromatic rings. The molecule has 0 fully saturated rings. The molecule has 7 heteroatoms. The third kappa shape index (κ3) is 3.82. The van der Waals surface area contributed by atoms with Crippen molar-refractivity contribution in [2.75, 3.05) is 5.32 Å². The van der Waals surface area contributed by atoms with Crippen LogP contribution in [0.5, 0.6) is 0 Å². The Hall–Kier alpha value is -3.32. The van der Waals surface area contributed by atoms with Gasteiger partial charge >= 0.3 is 0 Å². The predicted octanol–water partition coefficient (Wildman–Crippen LogP) is 4.52. The lowest BCUT2D eigenvalue weighted by Crippen LogP contribution is -2.27. The molecule has 0 atom stereocenters. The van der Waals surface area contributed by atoms with Crippen molar-refractivity contribution in [1.82, 2.24) is 9.55 Å². The van der Waals surface area contributed by atoms with E-state index in [1.807, 2.05) is 36.6 Å². The molecule has 1 amide bonds. The van der Waals surface area contributed by atoms with Crippen LogP contribution >= 0.6 is 11.3 Å². The van der Waals surface area contributed by atoms with Gasteiger partial charge in [-0.2, -0.15) is 0 Å². The zero-order valence-corrected chi connectivity index (χ0v) is 16.7. The lowest BCUT2D eigenvalue weighted by molar-refractivity contribution is -0.116. The summed E-state index contributed by atoms with van der Waals surface area (Å²) >= 11 is 1.31. The highest BCUT2D eigenvalue weighted by Gasteiger charge is 2.14. The number of aromatic nitrogens is 2. The number of thiophene rings is 1. The van der Waals surface area contributed by atoms with Gasteiger partial charge in [0.1, 0.15) is 17.1 Å². The molecule has 4 rings (SSSR count). The number of rotatable bonds is 4. The summed E-state index contributed by atoms with van der Waals surface area (Å²) in [5.41, 5.74) is 4.52. The minimum atomic E-state index is -0.437. The van der Waals surface area contributed by atoms with E-state index in [1.165, 1.54) is 34.4 Å². The fourth-order valence-electron chi connectivity index (χ4n) is 3.07. The summed E-state index contributed by atoms with van der Waals surface area (Å²) in [5, 5.41) is 4.56. The maximum Gasteiger partial charge on any atom is 0.271 e. The second-order valence-electron chi connectivity index (χ2n) is 6.88. The number of aryl methyl sites for hydroxylation is 2. The van der Waals surface area contributed by atoms with Gasteiger partial charge in [-0.25, -0.2) is 9.37 Å². The van der Waals surface area contributed by atoms with Gasteiger partial charge in [0, 0.05) is 16.6 Å². The lowest BCUT2D eigenvalue weighted by atomic mass is 10.1. The van der Waals surface area contributed by atoms with Gasteiger partial charge in [0.25, 0.3) is 5.56 Å². The number of fused-ring (bicyclic) bond motifs is 1. The van der Waals surface area contributed by atoms with Crippen LogP contribution in [0.3, 0.4) is 0 Å². The van der Waals surface area contributed by atoms with E-state index in [9.17, 15) is 14.0 Å². The fourth-order valence-corrected chi connectivity index (χ4v) is 4.04. The summed E-state index contributed by atoms with van der Waals surface area (Å²) in [7, 11) is 0. The van der Waals surface area contributed by atoms with Crippen LogP contribution in [-0.4, -0.2) is 15.5 Å². The molecule has 0 spiro atoms. The molecule has 5 nitrogen and oxygen atoms in total.